The zero-order valence-electron chi connectivity index (χ0n) is 7.77. The van der Waals surface area contributed by atoms with Gasteiger partial charge in [-0.1, -0.05) is 37.3 Å². The topological polar surface area (TPSA) is 26.3 Å². The summed E-state index contributed by atoms with van der Waals surface area (Å²) in [6, 6.07) is 9.84. The summed E-state index contributed by atoms with van der Waals surface area (Å²) in [6.07, 6.45) is 1.32. The molecule has 1 atom stereocenters. The van der Waals surface area contributed by atoms with Gasteiger partial charge in [-0.3, -0.25) is 0 Å². The van der Waals surface area contributed by atoms with Crippen molar-refractivity contribution in [1.82, 2.24) is 0 Å². The number of carbonyl (C=O) groups excluding carboxylic acids is 1. The smallest absolute Gasteiger partial charge is 0.148 e. The number of benzene rings is 1. The van der Waals surface area contributed by atoms with Crippen LogP contribution in [0, 0.1) is 0 Å². The summed E-state index contributed by atoms with van der Waals surface area (Å²) in [5.74, 6) is 0. The van der Waals surface area contributed by atoms with Gasteiger partial charge < -0.3 is 9.53 Å². The van der Waals surface area contributed by atoms with Crippen molar-refractivity contribution in [2.75, 3.05) is 0 Å². The molecule has 0 amide bonds. The first kappa shape index (κ1) is 9.93. The molecule has 0 bridgehead atoms. The summed E-state index contributed by atoms with van der Waals surface area (Å²) >= 11 is 0. The Kier molecular flexibility index (Phi) is 4.19. The van der Waals surface area contributed by atoms with Gasteiger partial charge in [0.15, 0.2) is 0 Å². The molecule has 0 aliphatic heterocycles. The maximum atomic E-state index is 10.4. The molecule has 0 saturated carbocycles. The lowest BCUT2D eigenvalue weighted by Gasteiger charge is -2.08. The van der Waals surface area contributed by atoms with Gasteiger partial charge in [0, 0.05) is 0 Å². The van der Waals surface area contributed by atoms with E-state index in [9.17, 15) is 4.79 Å². The van der Waals surface area contributed by atoms with Crippen molar-refractivity contribution in [2.24, 2.45) is 0 Å². The van der Waals surface area contributed by atoms with Crippen LogP contribution in [-0.2, 0) is 16.1 Å². The molecule has 1 aromatic rings. The van der Waals surface area contributed by atoms with E-state index < -0.39 is 0 Å². The quantitative estimate of drug-likeness (QED) is 0.646. The largest absolute Gasteiger partial charge is 0.366 e. The van der Waals surface area contributed by atoms with Crippen LogP contribution < -0.4 is 0 Å². The highest BCUT2D eigenvalue weighted by Gasteiger charge is 2.03. The molecule has 2 heteroatoms. The van der Waals surface area contributed by atoms with E-state index in [0.717, 1.165) is 18.3 Å². The second kappa shape index (κ2) is 5.49. The zero-order valence-corrected chi connectivity index (χ0v) is 7.77. The molecule has 0 radical (unpaired) electrons. The SMILES string of the molecule is CC[C@H](C=O)OCc1ccccc1. The van der Waals surface area contributed by atoms with Crippen LogP contribution in [-0.4, -0.2) is 12.4 Å². The summed E-state index contributed by atoms with van der Waals surface area (Å²) in [4.78, 5) is 10.4. The minimum Gasteiger partial charge on any atom is -0.366 e. The third-order valence-electron chi connectivity index (χ3n) is 1.86. The Bertz CT molecular complexity index is 244. The standard InChI is InChI=1S/C11H14O2/c1-2-11(8-12)13-9-10-6-4-3-5-7-10/h3-8,11H,2,9H2,1H3/t11-/m1/s1. The monoisotopic (exact) mass is 178 g/mol. The zero-order chi connectivity index (χ0) is 9.52. The molecule has 0 aromatic heterocycles. The van der Waals surface area contributed by atoms with E-state index in [0.29, 0.717) is 6.61 Å². The molecule has 0 unspecified atom stereocenters. The maximum absolute atomic E-state index is 10.4. The van der Waals surface area contributed by atoms with Gasteiger partial charge in [0.1, 0.15) is 12.4 Å². The van der Waals surface area contributed by atoms with E-state index in [2.05, 4.69) is 0 Å². The highest BCUT2D eigenvalue weighted by Crippen LogP contribution is 2.03. The van der Waals surface area contributed by atoms with Gasteiger partial charge in [-0.05, 0) is 12.0 Å². The van der Waals surface area contributed by atoms with Gasteiger partial charge >= 0.3 is 0 Å². The van der Waals surface area contributed by atoms with Gasteiger partial charge in [-0.25, -0.2) is 0 Å². The Morgan fingerprint density at radius 3 is 2.62 bits per heavy atom. The minimum absolute atomic E-state index is 0.264. The molecular weight excluding hydrogens is 164 g/mol. The normalized spacial score (nSPS) is 12.4. The molecule has 13 heavy (non-hydrogen) atoms. The van der Waals surface area contributed by atoms with Crippen molar-refractivity contribution in [3.8, 4) is 0 Å². The van der Waals surface area contributed by atoms with Crippen LogP contribution in [0.4, 0.5) is 0 Å². The van der Waals surface area contributed by atoms with Gasteiger partial charge in [-0.15, -0.1) is 0 Å². The lowest BCUT2D eigenvalue weighted by atomic mass is 10.2. The Balaban J connectivity index is 2.38. The first-order chi connectivity index (χ1) is 6.36. The van der Waals surface area contributed by atoms with Crippen LogP contribution in [0.1, 0.15) is 18.9 Å². The molecular formula is C11H14O2. The van der Waals surface area contributed by atoms with Crippen molar-refractivity contribution in [3.63, 3.8) is 0 Å². The van der Waals surface area contributed by atoms with Crippen molar-refractivity contribution in [1.29, 1.82) is 0 Å². The third-order valence-corrected chi connectivity index (χ3v) is 1.86. The van der Waals surface area contributed by atoms with E-state index in [1.807, 2.05) is 37.3 Å². The highest BCUT2D eigenvalue weighted by atomic mass is 16.5. The van der Waals surface area contributed by atoms with Crippen molar-refractivity contribution >= 4 is 6.29 Å². The minimum atomic E-state index is -0.264. The second-order valence-corrected chi connectivity index (χ2v) is 2.88. The summed E-state index contributed by atoms with van der Waals surface area (Å²) in [7, 11) is 0. The molecule has 1 aromatic carbocycles. The van der Waals surface area contributed by atoms with Crippen LogP contribution in [0.15, 0.2) is 30.3 Å². The van der Waals surface area contributed by atoms with Crippen LogP contribution in [0.2, 0.25) is 0 Å². The molecule has 70 valence electrons. The molecule has 0 N–H and O–H groups in total. The predicted molar refractivity (Wildman–Crippen MR) is 51.4 cm³/mol. The van der Waals surface area contributed by atoms with Crippen molar-refractivity contribution < 1.29 is 9.53 Å². The van der Waals surface area contributed by atoms with Crippen LogP contribution in [0.25, 0.3) is 0 Å². The number of carbonyl (C=O) groups is 1. The number of hydrogen-bond donors (Lipinski definition) is 0. The number of hydrogen-bond acceptors (Lipinski definition) is 2. The molecule has 0 fully saturated rings. The lowest BCUT2D eigenvalue weighted by Crippen LogP contribution is -2.12. The van der Waals surface area contributed by atoms with E-state index in [-0.39, 0.29) is 6.10 Å². The first-order valence-electron chi connectivity index (χ1n) is 4.47. The third kappa shape index (κ3) is 3.38. The van der Waals surface area contributed by atoms with Gasteiger partial charge in [0.05, 0.1) is 6.61 Å². The first-order valence-corrected chi connectivity index (χ1v) is 4.47. The second-order valence-electron chi connectivity index (χ2n) is 2.88. The fourth-order valence-electron chi connectivity index (χ4n) is 1.03. The predicted octanol–water partition coefficient (Wildman–Crippen LogP) is 2.18. The Hall–Kier alpha value is -1.15. The lowest BCUT2D eigenvalue weighted by molar-refractivity contribution is -0.118. The van der Waals surface area contributed by atoms with Crippen molar-refractivity contribution in [2.45, 2.75) is 26.1 Å². The molecule has 2 nitrogen and oxygen atoms in total. The summed E-state index contributed by atoms with van der Waals surface area (Å²) < 4.78 is 5.36. The Morgan fingerprint density at radius 2 is 2.08 bits per heavy atom. The van der Waals surface area contributed by atoms with Gasteiger partial charge in [0.2, 0.25) is 0 Å². The highest BCUT2D eigenvalue weighted by molar-refractivity contribution is 5.55. The van der Waals surface area contributed by atoms with E-state index in [1.54, 1.807) is 0 Å². The number of rotatable bonds is 5. The maximum Gasteiger partial charge on any atom is 0.148 e. The number of ether oxygens (including phenoxy) is 1. The summed E-state index contributed by atoms with van der Waals surface area (Å²) in [6.45, 7) is 2.45. The summed E-state index contributed by atoms with van der Waals surface area (Å²) in [5.41, 5.74) is 1.10. The van der Waals surface area contributed by atoms with Crippen molar-refractivity contribution in [3.05, 3.63) is 35.9 Å². The molecule has 0 aliphatic rings. The van der Waals surface area contributed by atoms with E-state index in [1.165, 1.54) is 0 Å². The van der Waals surface area contributed by atoms with Crippen LogP contribution in [0.5, 0.6) is 0 Å². The van der Waals surface area contributed by atoms with Crippen LogP contribution >= 0.6 is 0 Å². The average molecular weight is 178 g/mol. The molecule has 0 heterocycles. The molecule has 0 aliphatic carbocycles. The fourth-order valence-corrected chi connectivity index (χ4v) is 1.03. The van der Waals surface area contributed by atoms with Gasteiger partial charge in [-0.2, -0.15) is 0 Å². The van der Waals surface area contributed by atoms with Gasteiger partial charge in [0.25, 0.3) is 0 Å². The molecule has 0 spiro atoms. The fraction of sp³-hybridized carbons (Fsp3) is 0.364. The number of aldehydes is 1. The Morgan fingerprint density at radius 1 is 1.38 bits per heavy atom. The summed E-state index contributed by atoms with van der Waals surface area (Å²) in [5, 5.41) is 0. The van der Waals surface area contributed by atoms with E-state index >= 15 is 0 Å². The molecule has 1 rings (SSSR count). The van der Waals surface area contributed by atoms with E-state index in [4.69, 9.17) is 4.74 Å². The van der Waals surface area contributed by atoms with Crippen LogP contribution in [0.3, 0.4) is 0 Å². The Labute approximate surface area is 78.5 Å². The molecule has 0 saturated heterocycles. The average Bonchev–Trinajstić information content (AvgIpc) is 2.21.